The SMILES string of the molecule is Cc1c(F)ccc2cc(C(N)=NC(C)O)c(N3CCC(NC(C)C)CC3)nc12. The van der Waals surface area contributed by atoms with Gasteiger partial charge in [-0.05, 0) is 44.9 Å². The molecule has 1 fully saturated rings. The van der Waals surface area contributed by atoms with Gasteiger partial charge < -0.3 is 21.1 Å². The van der Waals surface area contributed by atoms with Gasteiger partial charge in [0.2, 0.25) is 0 Å². The second-order valence-corrected chi connectivity index (χ2v) is 7.83. The Morgan fingerprint density at radius 3 is 2.61 bits per heavy atom. The summed E-state index contributed by atoms with van der Waals surface area (Å²) in [6.45, 7) is 9.25. The van der Waals surface area contributed by atoms with Crippen LogP contribution in [0.1, 0.15) is 44.7 Å². The van der Waals surface area contributed by atoms with Crippen molar-refractivity contribution in [1.29, 1.82) is 0 Å². The second kappa shape index (κ2) is 8.41. The molecule has 4 N–H and O–H groups in total. The Morgan fingerprint density at radius 1 is 1.32 bits per heavy atom. The summed E-state index contributed by atoms with van der Waals surface area (Å²) in [5.41, 5.74) is 8.02. The molecule has 1 unspecified atom stereocenters. The van der Waals surface area contributed by atoms with E-state index in [1.165, 1.54) is 6.07 Å². The zero-order chi connectivity index (χ0) is 20.4. The summed E-state index contributed by atoms with van der Waals surface area (Å²) in [5, 5.41) is 14.0. The molecule has 0 bridgehead atoms. The fraction of sp³-hybridized carbons (Fsp3) is 0.524. The van der Waals surface area contributed by atoms with E-state index in [2.05, 4.69) is 29.1 Å². The first-order valence-corrected chi connectivity index (χ1v) is 9.88. The van der Waals surface area contributed by atoms with Gasteiger partial charge in [0.15, 0.2) is 0 Å². The van der Waals surface area contributed by atoms with Gasteiger partial charge in [-0.15, -0.1) is 0 Å². The second-order valence-electron chi connectivity index (χ2n) is 7.83. The number of aliphatic imine (C=N–C) groups is 1. The minimum atomic E-state index is -0.903. The van der Waals surface area contributed by atoms with Crippen LogP contribution in [0.2, 0.25) is 0 Å². The van der Waals surface area contributed by atoms with Crippen LogP contribution in [0.3, 0.4) is 0 Å². The summed E-state index contributed by atoms with van der Waals surface area (Å²) in [6.07, 6.45) is 1.08. The maximum atomic E-state index is 14.1. The van der Waals surface area contributed by atoms with E-state index in [9.17, 15) is 9.50 Å². The van der Waals surface area contributed by atoms with Crippen LogP contribution in [-0.2, 0) is 0 Å². The zero-order valence-corrected chi connectivity index (χ0v) is 17.0. The number of nitrogens with two attached hydrogens (primary N) is 1. The third-order valence-electron chi connectivity index (χ3n) is 5.12. The molecule has 7 heteroatoms. The molecule has 0 amide bonds. The minimum Gasteiger partial charge on any atom is -0.383 e. The van der Waals surface area contributed by atoms with E-state index in [-0.39, 0.29) is 11.7 Å². The number of piperidine rings is 1. The molecule has 1 saturated heterocycles. The van der Waals surface area contributed by atoms with Gasteiger partial charge in [0, 0.05) is 36.1 Å². The van der Waals surface area contributed by atoms with E-state index in [1.807, 2.05) is 6.07 Å². The highest BCUT2D eigenvalue weighted by Gasteiger charge is 2.24. The predicted molar refractivity (Wildman–Crippen MR) is 112 cm³/mol. The highest BCUT2D eigenvalue weighted by atomic mass is 19.1. The summed E-state index contributed by atoms with van der Waals surface area (Å²) < 4.78 is 14.1. The number of aliphatic hydroxyl groups is 1. The number of benzene rings is 1. The molecule has 1 atom stereocenters. The van der Waals surface area contributed by atoms with Crippen LogP contribution in [0.25, 0.3) is 10.9 Å². The molecular weight excluding hydrogens is 357 g/mol. The Morgan fingerprint density at radius 2 is 2.00 bits per heavy atom. The van der Waals surface area contributed by atoms with E-state index in [0.29, 0.717) is 34.5 Å². The van der Waals surface area contributed by atoms with Crippen LogP contribution in [0.4, 0.5) is 10.2 Å². The predicted octanol–water partition coefficient (Wildman–Crippen LogP) is 2.69. The van der Waals surface area contributed by atoms with Crippen molar-refractivity contribution in [3.8, 4) is 0 Å². The van der Waals surface area contributed by atoms with Gasteiger partial charge in [0.25, 0.3) is 0 Å². The van der Waals surface area contributed by atoms with Crippen molar-refractivity contribution in [1.82, 2.24) is 10.3 Å². The molecule has 1 aliphatic heterocycles. The molecule has 1 aromatic heterocycles. The molecule has 152 valence electrons. The average Bonchev–Trinajstić information content (AvgIpc) is 2.63. The number of pyridine rings is 1. The average molecular weight is 388 g/mol. The van der Waals surface area contributed by atoms with Crippen LogP contribution >= 0.6 is 0 Å². The molecule has 28 heavy (non-hydrogen) atoms. The van der Waals surface area contributed by atoms with Gasteiger partial charge in [-0.2, -0.15) is 0 Å². The molecular formula is C21H30FN5O. The number of hydrogen-bond donors (Lipinski definition) is 3. The quantitative estimate of drug-likeness (QED) is 0.542. The summed E-state index contributed by atoms with van der Waals surface area (Å²) in [6, 6.07) is 5.96. The Labute approximate surface area is 165 Å². The molecule has 2 heterocycles. The Hall–Kier alpha value is -2.25. The lowest BCUT2D eigenvalue weighted by atomic mass is 10.0. The number of halogens is 1. The summed E-state index contributed by atoms with van der Waals surface area (Å²) in [5.74, 6) is 0.666. The van der Waals surface area contributed by atoms with Crippen LogP contribution < -0.4 is 16.0 Å². The number of anilines is 1. The third kappa shape index (κ3) is 4.42. The lowest BCUT2D eigenvalue weighted by molar-refractivity contribution is 0.205. The molecule has 0 saturated carbocycles. The van der Waals surface area contributed by atoms with Crippen molar-refractivity contribution in [3.05, 3.63) is 35.1 Å². The number of aryl methyl sites for hydroxylation is 1. The molecule has 1 aliphatic rings. The molecule has 6 nitrogen and oxygen atoms in total. The molecule has 0 aliphatic carbocycles. The van der Waals surface area contributed by atoms with Crippen molar-refractivity contribution in [2.45, 2.75) is 58.8 Å². The van der Waals surface area contributed by atoms with Gasteiger partial charge in [0.1, 0.15) is 23.7 Å². The van der Waals surface area contributed by atoms with Crippen molar-refractivity contribution in [3.63, 3.8) is 0 Å². The monoisotopic (exact) mass is 387 g/mol. The fourth-order valence-electron chi connectivity index (χ4n) is 3.78. The number of aliphatic hydroxyl groups excluding tert-OH is 1. The number of amidine groups is 1. The first-order valence-electron chi connectivity index (χ1n) is 9.88. The first-order chi connectivity index (χ1) is 13.3. The van der Waals surface area contributed by atoms with Gasteiger partial charge in [-0.1, -0.05) is 13.8 Å². The van der Waals surface area contributed by atoms with E-state index >= 15 is 0 Å². The van der Waals surface area contributed by atoms with E-state index in [4.69, 9.17) is 10.7 Å². The van der Waals surface area contributed by atoms with Crippen LogP contribution in [-0.4, -0.2) is 47.3 Å². The smallest absolute Gasteiger partial charge is 0.144 e. The Bertz CT molecular complexity index is 873. The minimum absolute atomic E-state index is 0.240. The first kappa shape index (κ1) is 20.5. The number of hydrogen-bond acceptors (Lipinski definition) is 5. The van der Waals surface area contributed by atoms with E-state index in [1.54, 1.807) is 19.9 Å². The number of nitrogens with zero attached hydrogens (tertiary/aromatic N) is 3. The number of aromatic nitrogens is 1. The van der Waals surface area contributed by atoms with Gasteiger partial charge >= 0.3 is 0 Å². The van der Waals surface area contributed by atoms with Crippen molar-refractivity contribution >= 4 is 22.6 Å². The molecule has 3 rings (SSSR count). The molecule has 0 radical (unpaired) electrons. The summed E-state index contributed by atoms with van der Waals surface area (Å²) in [7, 11) is 0. The van der Waals surface area contributed by atoms with E-state index in [0.717, 1.165) is 31.3 Å². The van der Waals surface area contributed by atoms with Gasteiger partial charge in [-0.3, -0.25) is 0 Å². The van der Waals surface area contributed by atoms with Gasteiger partial charge in [-0.25, -0.2) is 14.4 Å². The molecule has 2 aromatic rings. The molecule has 1 aromatic carbocycles. The lowest BCUT2D eigenvalue weighted by Gasteiger charge is -2.35. The van der Waals surface area contributed by atoms with E-state index < -0.39 is 6.23 Å². The normalized spacial score (nSPS) is 17.5. The standard InChI is InChI=1S/C21H30FN5O/c1-12(2)24-16-7-9-27(10-8-16)21-17(20(23)25-14(4)28)11-15-5-6-18(22)13(3)19(15)26-21/h5-6,11-12,14,16,24,28H,7-10H2,1-4H3,(H2,23,25). The summed E-state index contributed by atoms with van der Waals surface area (Å²) in [4.78, 5) is 11.1. The highest BCUT2D eigenvalue weighted by Crippen LogP contribution is 2.29. The fourth-order valence-corrected chi connectivity index (χ4v) is 3.78. The number of rotatable bonds is 5. The van der Waals surface area contributed by atoms with Crippen LogP contribution in [0, 0.1) is 12.7 Å². The van der Waals surface area contributed by atoms with Gasteiger partial charge in [0.05, 0.1) is 11.1 Å². The van der Waals surface area contributed by atoms with Crippen molar-refractivity contribution in [2.75, 3.05) is 18.0 Å². The van der Waals surface area contributed by atoms with Crippen molar-refractivity contribution < 1.29 is 9.50 Å². The zero-order valence-electron chi connectivity index (χ0n) is 17.0. The Balaban J connectivity index is 2.02. The largest absolute Gasteiger partial charge is 0.383 e. The number of nitrogens with one attached hydrogen (secondary N) is 1. The summed E-state index contributed by atoms with van der Waals surface area (Å²) >= 11 is 0. The third-order valence-corrected chi connectivity index (χ3v) is 5.12. The topological polar surface area (TPSA) is 86.8 Å². The van der Waals surface area contributed by atoms with Crippen LogP contribution in [0.15, 0.2) is 23.2 Å². The lowest BCUT2D eigenvalue weighted by Crippen LogP contribution is -2.45. The number of fused-ring (bicyclic) bond motifs is 1. The maximum absolute atomic E-state index is 14.1. The maximum Gasteiger partial charge on any atom is 0.144 e. The van der Waals surface area contributed by atoms with Crippen molar-refractivity contribution in [2.24, 2.45) is 10.7 Å². The Kier molecular flexibility index (Phi) is 6.15. The highest BCUT2D eigenvalue weighted by molar-refractivity contribution is 6.05. The molecule has 0 spiro atoms. The van der Waals surface area contributed by atoms with Crippen LogP contribution in [0.5, 0.6) is 0 Å².